The molecule has 6 heteroatoms. The molecule has 1 heterocycles. The minimum Gasteiger partial charge on any atom is -0.306 e. The van der Waals surface area contributed by atoms with Crippen molar-refractivity contribution in [3.8, 4) is 0 Å². The van der Waals surface area contributed by atoms with Crippen LogP contribution in [0.15, 0.2) is 54.6 Å². The number of para-hydroxylation sites is 1. The number of anilines is 1. The maximum Gasteiger partial charge on any atom is 0.186 e. The van der Waals surface area contributed by atoms with Gasteiger partial charge in [-0.25, -0.2) is 4.39 Å². The monoisotopic (exact) mass is 360 g/mol. The van der Waals surface area contributed by atoms with Gasteiger partial charge in [0.05, 0.1) is 0 Å². The van der Waals surface area contributed by atoms with Crippen molar-refractivity contribution in [1.29, 1.82) is 0 Å². The average molecular weight is 361 g/mol. The second-order valence-electron chi connectivity index (χ2n) is 5.09. The van der Waals surface area contributed by atoms with E-state index in [9.17, 15) is 4.39 Å². The predicted octanol–water partition coefficient (Wildman–Crippen LogP) is 4.13. The zero-order valence-electron chi connectivity index (χ0n) is 12.1. The van der Waals surface area contributed by atoms with E-state index in [1.807, 2.05) is 40.1 Å². The van der Waals surface area contributed by atoms with Crippen LogP contribution in [0.2, 0.25) is 0 Å². The van der Waals surface area contributed by atoms with Crippen molar-refractivity contribution < 1.29 is 4.39 Å². The highest BCUT2D eigenvalue weighted by atomic mass is 32.1. The van der Waals surface area contributed by atoms with E-state index in [-0.39, 0.29) is 5.82 Å². The molecule has 0 aliphatic carbocycles. The van der Waals surface area contributed by atoms with Crippen LogP contribution in [0.1, 0.15) is 5.56 Å². The third-order valence-corrected chi connectivity index (χ3v) is 4.93. The minimum absolute atomic E-state index is 0.239. The largest absolute Gasteiger partial charge is 0.306 e. The number of hydrogen-bond donors (Lipinski definition) is 0. The molecular formula is C17H13FN2S3. The summed E-state index contributed by atoms with van der Waals surface area (Å²) < 4.78 is 13.0. The molecule has 1 aliphatic rings. The van der Waals surface area contributed by atoms with Crippen LogP contribution in [0.5, 0.6) is 0 Å². The summed E-state index contributed by atoms with van der Waals surface area (Å²) in [6.07, 6.45) is 0.714. The maximum atomic E-state index is 13.0. The Morgan fingerprint density at radius 3 is 2.13 bits per heavy atom. The van der Waals surface area contributed by atoms with Gasteiger partial charge in [-0.1, -0.05) is 54.8 Å². The Morgan fingerprint density at radius 2 is 1.48 bits per heavy atom. The van der Waals surface area contributed by atoms with Crippen LogP contribution < -0.4 is 4.90 Å². The lowest BCUT2D eigenvalue weighted by Crippen LogP contribution is -2.34. The van der Waals surface area contributed by atoms with Gasteiger partial charge >= 0.3 is 0 Å². The SMILES string of the molecule is Fc1ccc(CCN2C(=S)C(=S)N(c3ccccc3)C2=S)cc1. The van der Waals surface area contributed by atoms with Crippen LogP contribution in [0.25, 0.3) is 0 Å². The van der Waals surface area contributed by atoms with Gasteiger partial charge < -0.3 is 4.90 Å². The van der Waals surface area contributed by atoms with E-state index in [2.05, 4.69) is 0 Å². The molecule has 0 atom stereocenters. The van der Waals surface area contributed by atoms with Crippen molar-refractivity contribution in [3.05, 3.63) is 66.0 Å². The van der Waals surface area contributed by atoms with E-state index in [0.29, 0.717) is 28.1 Å². The first-order valence-electron chi connectivity index (χ1n) is 7.07. The van der Waals surface area contributed by atoms with Gasteiger partial charge in [-0.15, -0.1) is 0 Å². The van der Waals surface area contributed by atoms with E-state index in [1.54, 1.807) is 12.1 Å². The third-order valence-electron chi connectivity index (χ3n) is 3.61. The van der Waals surface area contributed by atoms with Crippen molar-refractivity contribution in [2.45, 2.75) is 6.42 Å². The number of rotatable bonds is 4. The molecule has 0 radical (unpaired) electrons. The second kappa shape index (κ2) is 6.78. The molecule has 2 aromatic carbocycles. The molecule has 2 aromatic rings. The average Bonchev–Trinajstić information content (AvgIpc) is 2.78. The first-order chi connectivity index (χ1) is 11.1. The standard InChI is InChI=1S/C17H13FN2S3/c18-13-8-6-12(7-9-13)10-11-19-15(21)16(22)20(17(19)23)14-4-2-1-3-5-14/h1-9H,10-11H2. The fraction of sp³-hybridized carbons (Fsp3) is 0.118. The Balaban J connectivity index is 1.76. The molecule has 23 heavy (non-hydrogen) atoms. The van der Waals surface area contributed by atoms with Crippen LogP contribution in [-0.4, -0.2) is 26.5 Å². The summed E-state index contributed by atoms with van der Waals surface area (Å²) in [5.41, 5.74) is 1.94. The normalized spacial score (nSPS) is 14.7. The van der Waals surface area contributed by atoms with Crippen molar-refractivity contribution in [2.24, 2.45) is 0 Å². The Hall–Kier alpha value is -1.76. The molecule has 1 aliphatic heterocycles. The van der Waals surface area contributed by atoms with Gasteiger partial charge in [0.1, 0.15) is 15.8 Å². The number of nitrogens with zero attached hydrogens (tertiary/aromatic N) is 2. The molecular weight excluding hydrogens is 347 g/mol. The van der Waals surface area contributed by atoms with Crippen molar-refractivity contribution in [3.63, 3.8) is 0 Å². The number of benzene rings is 2. The fourth-order valence-corrected chi connectivity index (χ4v) is 3.47. The second-order valence-corrected chi connectivity index (χ2v) is 6.23. The Kier molecular flexibility index (Phi) is 4.75. The Morgan fingerprint density at radius 1 is 0.826 bits per heavy atom. The molecule has 116 valence electrons. The van der Waals surface area contributed by atoms with Crippen molar-refractivity contribution in [1.82, 2.24) is 4.90 Å². The highest BCUT2D eigenvalue weighted by Crippen LogP contribution is 2.24. The number of thiocarbonyl (C=S) groups is 3. The smallest absolute Gasteiger partial charge is 0.186 e. The first-order valence-corrected chi connectivity index (χ1v) is 8.30. The summed E-state index contributed by atoms with van der Waals surface area (Å²) in [5.74, 6) is -0.239. The molecule has 0 unspecified atom stereocenters. The quantitative estimate of drug-likeness (QED) is 0.754. The van der Waals surface area contributed by atoms with Gasteiger partial charge in [-0.3, -0.25) is 4.90 Å². The highest BCUT2D eigenvalue weighted by Gasteiger charge is 2.35. The molecule has 0 spiro atoms. The lowest BCUT2D eigenvalue weighted by atomic mass is 10.1. The lowest BCUT2D eigenvalue weighted by molar-refractivity contribution is 0.620. The van der Waals surface area contributed by atoms with Gasteiger partial charge in [-0.05, 0) is 48.5 Å². The van der Waals surface area contributed by atoms with Crippen LogP contribution in [0.3, 0.4) is 0 Å². The van der Waals surface area contributed by atoms with Gasteiger partial charge in [-0.2, -0.15) is 0 Å². The summed E-state index contributed by atoms with van der Waals surface area (Å²) in [6, 6.07) is 16.2. The van der Waals surface area contributed by atoms with Gasteiger partial charge in [0.2, 0.25) is 0 Å². The van der Waals surface area contributed by atoms with E-state index in [0.717, 1.165) is 11.3 Å². The van der Waals surface area contributed by atoms with Crippen LogP contribution in [0.4, 0.5) is 10.1 Å². The zero-order chi connectivity index (χ0) is 16.4. The molecule has 2 nitrogen and oxygen atoms in total. The summed E-state index contributed by atoms with van der Waals surface area (Å²) in [7, 11) is 0. The predicted molar refractivity (Wildman–Crippen MR) is 104 cm³/mol. The lowest BCUT2D eigenvalue weighted by Gasteiger charge is -2.20. The van der Waals surface area contributed by atoms with Crippen LogP contribution >= 0.6 is 36.7 Å². The van der Waals surface area contributed by atoms with Crippen LogP contribution in [-0.2, 0) is 6.42 Å². The number of halogens is 1. The van der Waals surface area contributed by atoms with Crippen molar-refractivity contribution in [2.75, 3.05) is 11.4 Å². The Labute approximate surface area is 150 Å². The maximum absolute atomic E-state index is 13.0. The van der Waals surface area contributed by atoms with E-state index >= 15 is 0 Å². The molecule has 1 fully saturated rings. The van der Waals surface area contributed by atoms with Gasteiger partial charge in [0.15, 0.2) is 5.11 Å². The number of hydrogen-bond acceptors (Lipinski definition) is 3. The fourth-order valence-electron chi connectivity index (χ4n) is 2.40. The summed E-state index contributed by atoms with van der Waals surface area (Å²) in [4.78, 5) is 4.80. The molecule has 0 bridgehead atoms. The zero-order valence-corrected chi connectivity index (χ0v) is 14.6. The topological polar surface area (TPSA) is 6.48 Å². The highest BCUT2D eigenvalue weighted by molar-refractivity contribution is 7.90. The van der Waals surface area contributed by atoms with Crippen molar-refractivity contribution >= 4 is 57.4 Å². The molecule has 0 saturated carbocycles. The summed E-state index contributed by atoms with van der Waals surface area (Å²) >= 11 is 16.5. The Bertz CT molecular complexity index is 759. The molecule has 1 saturated heterocycles. The minimum atomic E-state index is -0.239. The summed E-state index contributed by atoms with van der Waals surface area (Å²) in [6.45, 7) is 0.618. The van der Waals surface area contributed by atoms with E-state index in [1.165, 1.54) is 12.1 Å². The summed E-state index contributed by atoms with van der Waals surface area (Å²) in [5, 5.41) is 0.591. The molecule has 0 N–H and O–H groups in total. The third kappa shape index (κ3) is 3.29. The van der Waals surface area contributed by atoms with E-state index < -0.39 is 0 Å². The van der Waals surface area contributed by atoms with Crippen LogP contribution in [0, 0.1) is 5.82 Å². The molecule has 0 aromatic heterocycles. The van der Waals surface area contributed by atoms with Gasteiger partial charge in [0.25, 0.3) is 0 Å². The van der Waals surface area contributed by atoms with E-state index in [4.69, 9.17) is 36.7 Å². The van der Waals surface area contributed by atoms with Gasteiger partial charge in [0, 0.05) is 12.2 Å². The molecule has 0 amide bonds. The molecule has 3 rings (SSSR count). The first kappa shape index (κ1) is 16.1.